The van der Waals surface area contributed by atoms with Crippen LogP contribution in [0.3, 0.4) is 0 Å². The number of nitrogens with zero attached hydrogens (tertiary/aromatic N) is 1. The van der Waals surface area contributed by atoms with Gasteiger partial charge in [-0.15, -0.1) is 0 Å². The molecule has 1 atom stereocenters. The maximum Gasteiger partial charge on any atom is 0.310 e. The summed E-state index contributed by atoms with van der Waals surface area (Å²) in [7, 11) is -3.60. The molecule has 1 fully saturated rings. The fourth-order valence-electron chi connectivity index (χ4n) is 2.88. The SMILES string of the molecule is CCCC1(C(=O)O)CCCN(S(=O)(=O)c2cc[nH]c2)C1. The van der Waals surface area contributed by atoms with Crippen LogP contribution in [-0.4, -0.2) is 41.9 Å². The van der Waals surface area contributed by atoms with Gasteiger partial charge in [0.15, 0.2) is 0 Å². The Morgan fingerprint density at radius 2 is 2.30 bits per heavy atom. The number of carbonyl (C=O) groups is 1. The number of aromatic nitrogens is 1. The van der Waals surface area contributed by atoms with E-state index in [0.717, 1.165) is 6.42 Å². The highest BCUT2D eigenvalue weighted by Crippen LogP contribution is 2.37. The lowest BCUT2D eigenvalue weighted by atomic mass is 9.77. The molecule has 1 aliphatic heterocycles. The predicted octanol–water partition coefficient (Wildman–Crippen LogP) is 1.67. The van der Waals surface area contributed by atoms with Crippen molar-refractivity contribution in [1.29, 1.82) is 0 Å². The zero-order chi connectivity index (χ0) is 14.8. The Labute approximate surface area is 118 Å². The minimum atomic E-state index is -3.60. The topological polar surface area (TPSA) is 90.5 Å². The Kier molecular flexibility index (Phi) is 4.19. The summed E-state index contributed by atoms with van der Waals surface area (Å²) in [5.41, 5.74) is -0.948. The Bertz CT molecular complexity index is 563. The molecule has 2 N–H and O–H groups in total. The van der Waals surface area contributed by atoms with Crippen LogP contribution in [0.2, 0.25) is 0 Å². The highest BCUT2D eigenvalue weighted by atomic mass is 32.2. The van der Waals surface area contributed by atoms with Crippen LogP contribution in [-0.2, 0) is 14.8 Å². The smallest absolute Gasteiger partial charge is 0.310 e. The standard InChI is InChI=1S/C13H20N2O4S/c1-2-5-13(12(16)17)6-3-8-15(10-13)20(18,19)11-4-7-14-9-11/h4,7,9,14H,2-3,5-6,8,10H2,1H3,(H,16,17). The monoisotopic (exact) mass is 300 g/mol. The number of aromatic amines is 1. The third-order valence-electron chi connectivity index (χ3n) is 3.93. The van der Waals surface area contributed by atoms with Gasteiger partial charge in [-0.05, 0) is 25.3 Å². The highest BCUT2D eigenvalue weighted by molar-refractivity contribution is 7.89. The molecule has 1 unspecified atom stereocenters. The van der Waals surface area contributed by atoms with E-state index >= 15 is 0 Å². The van der Waals surface area contributed by atoms with Crippen molar-refractivity contribution in [2.45, 2.75) is 37.5 Å². The van der Waals surface area contributed by atoms with E-state index in [4.69, 9.17) is 0 Å². The first-order valence-corrected chi connectivity index (χ1v) is 8.23. The average molecular weight is 300 g/mol. The Hall–Kier alpha value is -1.34. The fourth-order valence-corrected chi connectivity index (χ4v) is 4.42. The van der Waals surface area contributed by atoms with Crippen LogP contribution < -0.4 is 0 Å². The van der Waals surface area contributed by atoms with Gasteiger partial charge in [0.2, 0.25) is 10.0 Å². The molecule has 1 aromatic heterocycles. The summed E-state index contributed by atoms with van der Waals surface area (Å²) >= 11 is 0. The van der Waals surface area contributed by atoms with E-state index in [9.17, 15) is 18.3 Å². The van der Waals surface area contributed by atoms with Gasteiger partial charge in [0, 0.05) is 25.5 Å². The third-order valence-corrected chi connectivity index (χ3v) is 5.77. The molecular formula is C13H20N2O4S. The summed E-state index contributed by atoms with van der Waals surface area (Å²) in [6.45, 7) is 2.36. The van der Waals surface area contributed by atoms with Gasteiger partial charge in [-0.25, -0.2) is 8.42 Å². The number of hydrogen-bond donors (Lipinski definition) is 2. The molecule has 0 saturated carbocycles. The van der Waals surface area contributed by atoms with Gasteiger partial charge in [0.25, 0.3) is 0 Å². The van der Waals surface area contributed by atoms with Crippen molar-refractivity contribution in [3.05, 3.63) is 18.5 Å². The molecule has 2 rings (SSSR count). The van der Waals surface area contributed by atoms with Crippen LogP contribution in [0.5, 0.6) is 0 Å². The quantitative estimate of drug-likeness (QED) is 0.865. The minimum Gasteiger partial charge on any atom is -0.481 e. The van der Waals surface area contributed by atoms with Crippen LogP contribution in [0.15, 0.2) is 23.4 Å². The predicted molar refractivity (Wildman–Crippen MR) is 73.8 cm³/mol. The van der Waals surface area contributed by atoms with E-state index in [0.29, 0.717) is 25.8 Å². The molecule has 0 aliphatic carbocycles. The van der Waals surface area contributed by atoms with Gasteiger partial charge >= 0.3 is 5.97 Å². The molecule has 1 saturated heterocycles. The molecule has 2 heterocycles. The molecule has 0 spiro atoms. The lowest BCUT2D eigenvalue weighted by Crippen LogP contribution is -2.49. The first-order valence-electron chi connectivity index (χ1n) is 6.79. The largest absolute Gasteiger partial charge is 0.481 e. The minimum absolute atomic E-state index is 0.0592. The molecular weight excluding hydrogens is 280 g/mol. The molecule has 1 aromatic rings. The molecule has 7 heteroatoms. The molecule has 6 nitrogen and oxygen atoms in total. The van der Waals surface area contributed by atoms with Gasteiger partial charge in [0.05, 0.1) is 10.3 Å². The van der Waals surface area contributed by atoms with Gasteiger partial charge in [-0.1, -0.05) is 13.3 Å². The number of hydrogen-bond acceptors (Lipinski definition) is 3. The fraction of sp³-hybridized carbons (Fsp3) is 0.615. The number of carboxylic acid groups (broad SMARTS) is 1. The second kappa shape index (κ2) is 5.57. The first-order chi connectivity index (χ1) is 9.42. The van der Waals surface area contributed by atoms with Crippen LogP contribution in [0.25, 0.3) is 0 Å². The number of sulfonamides is 1. The summed E-state index contributed by atoms with van der Waals surface area (Å²) < 4.78 is 26.3. The molecule has 1 aliphatic rings. The van der Waals surface area contributed by atoms with E-state index in [2.05, 4.69) is 4.98 Å². The summed E-state index contributed by atoms with van der Waals surface area (Å²) in [4.78, 5) is 14.5. The van der Waals surface area contributed by atoms with Crippen molar-refractivity contribution in [1.82, 2.24) is 9.29 Å². The zero-order valence-electron chi connectivity index (χ0n) is 11.5. The molecule has 0 aromatic carbocycles. The number of piperidine rings is 1. The maximum absolute atomic E-state index is 12.5. The van der Waals surface area contributed by atoms with Crippen LogP contribution in [0.1, 0.15) is 32.6 Å². The van der Waals surface area contributed by atoms with E-state index in [1.54, 1.807) is 6.20 Å². The maximum atomic E-state index is 12.5. The van der Waals surface area contributed by atoms with Gasteiger partial charge in [-0.2, -0.15) is 4.31 Å². The van der Waals surface area contributed by atoms with Crippen LogP contribution >= 0.6 is 0 Å². The van der Waals surface area contributed by atoms with E-state index < -0.39 is 21.4 Å². The number of carboxylic acids is 1. The lowest BCUT2D eigenvalue weighted by Gasteiger charge is -2.39. The molecule has 0 bridgehead atoms. The van der Waals surface area contributed by atoms with Crippen molar-refractivity contribution >= 4 is 16.0 Å². The first kappa shape index (κ1) is 15.1. The summed E-state index contributed by atoms with van der Waals surface area (Å²) in [6.07, 6.45) is 5.32. The van der Waals surface area contributed by atoms with Crippen molar-refractivity contribution in [2.24, 2.45) is 5.41 Å². The molecule has 20 heavy (non-hydrogen) atoms. The van der Waals surface area contributed by atoms with Gasteiger partial charge in [-0.3, -0.25) is 4.79 Å². The molecule has 112 valence electrons. The normalized spacial score (nSPS) is 24.6. The zero-order valence-corrected chi connectivity index (χ0v) is 12.3. The van der Waals surface area contributed by atoms with E-state index in [1.807, 2.05) is 6.92 Å². The third kappa shape index (κ3) is 2.60. The highest BCUT2D eigenvalue weighted by Gasteiger charge is 2.44. The number of rotatable bonds is 5. The second-order valence-electron chi connectivity index (χ2n) is 5.32. The van der Waals surface area contributed by atoms with E-state index in [-0.39, 0.29) is 11.4 Å². The van der Waals surface area contributed by atoms with Crippen molar-refractivity contribution in [2.75, 3.05) is 13.1 Å². The van der Waals surface area contributed by atoms with Crippen molar-refractivity contribution < 1.29 is 18.3 Å². The number of H-pyrrole nitrogens is 1. The Balaban J connectivity index is 2.28. The Morgan fingerprint density at radius 1 is 1.55 bits per heavy atom. The Morgan fingerprint density at radius 3 is 2.85 bits per heavy atom. The average Bonchev–Trinajstić information content (AvgIpc) is 2.93. The van der Waals surface area contributed by atoms with Gasteiger partial charge < -0.3 is 10.1 Å². The molecule has 0 amide bonds. The van der Waals surface area contributed by atoms with E-state index in [1.165, 1.54) is 16.6 Å². The summed E-state index contributed by atoms with van der Waals surface area (Å²) in [5.74, 6) is -0.895. The summed E-state index contributed by atoms with van der Waals surface area (Å²) in [5, 5.41) is 9.51. The van der Waals surface area contributed by atoms with Crippen molar-refractivity contribution in [3.63, 3.8) is 0 Å². The second-order valence-corrected chi connectivity index (χ2v) is 7.26. The van der Waals surface area contributed by atoms with Crippen molar-refractivity contribution in [3.8, 4) is 0 Å². The molecule has 0 radical (unpaired) electrons. The van der Waals surface area contributed by atoms with Crippen LogP contribution in [0, 0.1) is 5.41 Å². The van der Waals surface area contributed by atoms with Crippen LogP contribution in [0.4, 0.5) is 0 Å². The number of nitrogens with one attached hydrogen (secondary N) is 1. The lowest BCUT2D eigenvalue weighted by molar-refractivity contribution is -0.151. The van der Waals surface area contributed by atoms with Gasteiger partial charge in [0.1, 0.15) is 0 Å². The summed E-state index contributed by atoms with van der Waals surface area (Å²) in [6, 6.07) is 1.49. The number of aliphatic carboxylic acids is 1.